The number of hydrogen-bond acceptors (Lipinski definition) is 1. The van der Waals surface area contributed by atoms with E-state index in [9.17, 15) is 8.78 Å². The van der Waals surface area contributed by atoms with E-state index in [1.165, 1.54) is 18.2 Å². The maximum absolute atomic E-state index is 13.6. The van der Waals surface area contributed by atoms with Gasteiger partial charge in [0.1, 0.15) is 11.6 Å². The van der Waals surface area contributed by atoms with Crippen LogP contribution in [0.3, 0.4) is 0 Å². The lowest BCUT2D eigenvalue weighted by Crippen LogP contribution is -2.11. The van der Waals surface area contributed by atoms with Gasteiger partial charge in [-0.3, -0.25) is 0 Å². The van der Waals surface area contributed by atoms with Gasteiger partial charge < -0.3 is 5.73 Å². The highest BCUT2D eigenvalue weighted by molar-refractivity contribution is 6.31. The predicted molar refractivity (Wildman–Crippen MR) is 73.1 cm³/mol. The molecule has 0 spiro atoms. The second-order valence-corrected chi connectivity index (χ2v) is 4.80. The van der Waals surface area contributed by atoms with Crippen molar-refractivity contribution in [3.63, 3.8) is 0 Å². The summed E-state index contributed by atoms with van der Waals surface area (Å²) in [7, 11) is 0. The quantitative estimate of drug-likeness (QED) is 0.891. The Balaban J connectivity index is 2.04. The van der Waals surface area contributed by atoms with Gasteiger partial charge in [0.15, 0.2) is 0 Å². The van der Waals surface area contributed by atoms with Crippen molar-refractivity contribution in [1.82, 2.24) is 0 Å². The van der Waals surface area contributed by atoms with Crippen LogP contribution in [-0.4, -0.2) is 0 Å². The molecular formula is C15H14ClF2N. The summed E-state index contributed by atoms with van der Waals surface area (Å²) >= 11 is 5.95. The SMILES string of the molecule is NC(CCc1c(F)cccc1Cl)c1ccc(F)cc1. The van der Waals surface area contributed by atoms with E-state index in [4.69, 9.17) is 17.3 Å². The Hall–Kier alpha value is -1.45. The second kappa shape index (κ2) is 6.13. The Morgan fingerprint density at radius 1 is 1.05 bits per heavy atom. The van der Waals surface area contributed by atoms with Crippen LogP contribution in [0.2, 0.25) is 5.02 Å². The minimum atomic E-state index is -0.321. The van der Waals surface area contributed by atoms with Gasteiger partial charge in [-0.05, 0) is 42.7 Å². The lowest BCUT2D eigenvalue weighted by atomic mass is 9.99. The molecule has 2 rings (SSSR count). The third-order valence-corrected chi connectivity index (χ3v) is 3.42. The van der Waals surface area contributed by atoms with E-state index in [0.717, 1.165) is 5.56 Å². The van der Waals surface area contributed by atoms with Crippen LogP contribution >= 0.6 is 11.6 Å². The van der Waals surface area contributed by atoms with Gasteiger partial charge in [-0.15, -0.1) is 0 Å². The third kappa shape index (κ3) is 3.52. The Morgan fingerprint density at radius 3 is 2.37 bits per heavy atom. The summed E-state index contributed by atoms with van der Waals surface area (Å²) in [5, 5.41) is 0.409. The van der Waals surface area contributed by atoms with Gasteiger partial charge in [-0.2, -0.15) is 0 Å². The first kappa shape index (κ1) is 14.0. The topological polar surface area (TPSA) is 26.0 Å². The summed E-state index contributed by atoms with van der Waals surface area (Å²) in [6.07, 6.45) is 0.996. The molecule has 0 bridgehead atoms. The number of nitrogens with two attached hydrogens (primary N) is 1. The van der Waals surface area contributed by atoms with Gasteiger partial charge in [0.25, 0.3) is 0 Å². The highest BCUT2D eigenvalue weighted by Crippen LogP contribution is 2.23. The van der Waals surface area contributed by atoms with Gasteiger partial charge in [0.2, 0.25) is 0 Å². The van der Waals surface area contributed by atoms with Crippen LogP contribution < -0.4 is 5.73 Å². The summed E-state index contributed by atoms with van der Waals surface area (Å²) in [5.41, 5.74) is 7.31. The molecule has 4 heteroatoms. The largest absolute Gasteiger partial charge is 0.324 e. The van der Waals surface area contributed by atoms with E-state index in [0.29, 0.717) is 23.4 Å². The number of benzene rings is 2. The molecule has 19 heavy (non-hydrogen) atoms. The number of hydrogen-bond donors (Lipinski definition) is 1. The van der Waals surface area contributed by atoms with Gasteiger partial charge in [0, 0.05) is 16.6 Å². The average molecular weight is 282 g/mol. The Kier molecular flexibility index (Phi) is 4.51. The molecule has 2 aromatic rings. The van der Waals surface area contributed by atoms with Crippen LogP contribution in [0.25, 0.3) is 0 Å². The Bertz CT molecular complexity index is 534. The smallest absolute Gasteiger partial charge is 0.127 e. The minimum Gasteiger partial charge on any atom is -0.324 e. The molecule has 1 atom stereocenters. The molecule has 0 heterocycles. The third-order valence-electron chi connectivity index (χ3n) is 3.07. The molecule has 0 aliphatic heterocycles. The highest BCUT2D eigenvalue weighted by atomic mass is 35.5. The molecule has 1 unspecified atom stereocenters. The fraction of sp³-hybridized carbons (Fsp3) is 0.200. The van der Waals surface area contributed by atoms with Crippen LogP contribution in [0.15, 0.2) is 42.5 Å². The maximum Gasteiger partial charge on any atom is 0.127 e. The van der Waals surface area contributed by atoms with E-state index in [-0.39, 0.29) is 17.7 Å². The zero-order valence-electron chi connectivity index (χ0n) is 10.2. The molecule has 0 radical (unpaired) electrons. The van der Waals surface area contributed by atoms with Crippen molar-refractivity contribution in [3.05, 3.63) is 70.2 Å². The molecule has 0 aliphatic rings. The first-order valence-corrected chi connectivity index (χ1v) is 6.39. The molecule has 1 nitrogen and oxygen atoms in total. The standard InChI is InChI=1S/C15H14ClF2N/c16-13-2-1-3-14(18)12(13)8-9-15(19)10-4-6-11(17)7-5-10/h1-7,15H,8-9,19H2. The predicted octanol–water partition coefficient (Wildman–Crippen LogP) is 4.25. The average Bonchev–Trinajstić information content (AvgIpc) is 2.38. The molecule has 0 saturated carbocycles. The van der Waals surface area contributed by atoms with Crippen molar-refractivity contribution < 1.29 is 8.78 Å². The summed E-state index contributed by atoms with van der Waals surface area (Å²) < 4.78 is 26.4. The van der Waals surface area contributed by atoms with Crippen molar-refractivity contribution in [1.29, 1.82) is 0 Å². The van der Waals surface area contributed by atoms with Crippen molar-refractivity contribution in [2.24, 2.45) is 5.73 Å². The Labute approximate surface area is 116 Å². The van der Waals surface area contributed by atoms with Crippen molar-refractivity contribution >= 4 is 11.6 Å². The van der Waals surface area contributed by atoms with Crippen molar-refractivity contribution in [3.8, 4) is 0 Å². The van der Waals surface area contributed by atoms with E-state index in [1.807, 2.05) is 0 Å². The van der Waals surface area contributed by atoms with Gasteiger partial charge in [0.05, 0.1) is 0 Å². The van der Waals surface area contributed by atoms with Crippen LogP contribution in [0.5, 0.6) is 0 Å². The van der Waals surface area contributed by atoms with E-state index in [2.05, 4.69) is 0 Å². The summed E-state index contributed by atoms with van der Waals surface area (Å²) in [6, 6.07) is 10.4. The van der Waals surface area contributed by atoms with E-state index >= 15 is 0 Å². The van der Waals surface area contributed by atoms with Crippen LogP contribution in [-0.2, 0) is 6.42 Å². The fourth-order valence-corrected chi connectivity index (χ4v) is 2.21. The number of halogens is 3. The number of rotatable bonds is 4. The Morgan fingerprint density at radius 2 is 1.74 bits per heavy atom. The van der Waals surface area contributed by atoms with Gasteiger partial charge in [-0.25, -0.2) is 8.78 Å². The molecule has 0 amide bonds. The monoisotopic (exact) mass is 281 g/mol. The molecular weight excluding hydrogens is 268 g/mol. The van der Waals surface area contributed by atoms with Gasteiger partial charge >= 0.3 is 0 Å². The molecule has 100 valence electrons. The molecule has 0 fully saturated rings. The zero-order valence-corrected chi connectivity index (χ0v) is 11.0. The first-order valence-electron chi connectivity index (χ1n) is 6.02. The summed E-state index contributed by atoms with van der Waals surface area (Å²) in [5.74, 6) is -0.619. The van der Waals surface area contributed by atoms with Crippen molar-refractivity contribution in [2.75, 3.05) is 0 Å². The normalized spacial score (nSPS) is 12.4. The van der Waals surface area contributed by atoms with Crippen LogP contribution in [0, 0.1) is 11.6 Å². The fourth-order valence-electron chi connectivity index (χ4n) is 1.95. The maximum atomic E-state index is 13.6. The lowest BCUT2D eigenvalue weighted by molar-refractivity contribution is 0.585. The highest BCUT2D eigenvalue weighted by Gasteiger charge is 2.11. The minimum absolute atomic E-state index is 0.267. The summed E-state index contributed by atoms with van der Waals surface area (Å²) in [6.45, 7) is 0. The second-order valence-electron chi connectivity index (χ2n) is 4.40. The van der Waals surface area contributed by atoms with E-state index in [1.54, 1.807) is 24.3 Å². The summed E-state index contributed by atoms with van der Waals surface area (Å²) in [4.78, 5) is 0. The molecule has 0 aliphatic carbocycles. The molecule has 0 saturated heterocycles. The zero-order chi connectivity index (χ0) is 13.8. The van der Waals surface area contributed by atoms with Crippen LogP contribution in [0.1, 0.15) is 23.6 Å². The van der Waals surface area contributed by atoms with Crippen LogP contribution in [0.4, 0.5) is 8.78 Å². The first-order chi connectivity index (χ1) is 9.08. The van der Waals surface area contributed by atoms with Gasteiger partial charge in [-0.1, -0.05) is 29.8 Å². The molecule has 2 aromatic carbocycles. The lowest BCUT2D eigenvalue weighted by Gasteiger charge is -2.13. The van der Waals surface area contributed by atoms with E-state index < -0.39 is 0 Å². The molecule has 0 aromatic heterocycles. The van der Waals surface area contributed by atoms with Crippen molar-refractivity contribution in [2.45, 2.75) is 18.9 Å². The molecule has 2 N–H and O–H groups in total.